The van der Waals surface area contributed by atoms with E-state index < -0.39 is 5.82 Å². The van der Waals surface area contributed by atoms with E-state index in [4.69, 9.17) is 0 Å². The van der Waals surface area contributed by atoms with Crippen LogP contribution in [0.25, 0.3) is 5.70 Å². The van der Waals surface area contributed by atoms with Gasteiger partial charge in [0.05, 0.1) is 12.0 Å². The van der Waals surface area contributed by atoms with Crippen molar-refractivity contribution in [2.24, 2.45) is 0 Å². The van der Waals surface area contributed by atoms with Gasteiger partial charge in [0.25, 0.3) is 0 Å². The quantitative estimate of drug-likeness (QED) is 0.814. The van der Waals surface area contributed by atoms with Gasteiger partial charge in [-0.25, -0.2) is 9.37 Å². The number of phenols is 1. The summed E-state index contributed by atoms with van der Waals surface area (Å²) in [6, 6.07) is 3.73. The number of hydrogen-bond acceptors (Lipinski definition) is 2. The monoisotopic (exact) mass is 204 g/mol. The van der Waals surface area contributed by atoms with Crippen molar-refractivity contribution in [3.8, 4) is 5.75 Å². The van der Waals surface area contributed by atoms with Gasteiger partial charge in [-0.3, -0.25) is 0 Å². The molecule has 0 aliphatic heterocycles. The number of rotatable bonds is 2. The lowest BCUT2D eigenvalue weighted by Crippen LogP contribution is -1.95. The fourth-order valence-corrected chi connectivity index (χ4v) is 1.30. The van der Waals surface area contributed by atoms with E-state index in [2.05, 4.69) is 11.6 Å². The second-order valence-electron chi connectivity index (χ2n) is 3.08. The van der Waals surface area contributed by atoms with Crippen molar-refractivity contribution in [2.45, 2.75) is 0 Å². The molecule has 1 aromatic carbocycles. The minimum atomic E-state index is -0.413. The number of imidazole rings is 1. The summed E-state index contributed by atoms with van der Waals surface area (Å²) < 4.78 is 14.6. The van der Waals surface area contributed by atoms with E-state index in [9.17, 15) is 9.50 Å². The maximum atomic E-state index is 13.0. The highest BCUT2D eigenvalue weighted by atomic mass is 19.1. The van der Waals surface area contributed by atoms with Crippen LogP contribution in [-0.2, 0) is 0 Å². The van der Waals surface area contributed by atoms with Crippen LogP contribution in [0.2, 0.25) is 0 Å². The number of hydrogen-bond donors (Lipinski definition) is 1. The Balaban J connectivity index is 2.46. The third kappa shape index (κ3) is 1.74. The molecule has 4 heteroatoms. The second-order valence-corrected chi connectivity index (χ2v) is 3.08. The lowest BCUT2D eigenvalue weighted by Gasteiger charge is -2.08. The zero-order chi connectivity index (χ0) is 10.8. The van der Waals surface area contributed by atoms with Crippen molar-refractivity contribution in [1.29, 1.82) is 0 Å². The van der Waals surface area contributed by atoms with E-state index >= 15 is 0 Å². The zero-order valence-electron chi connectivity index (χ0n) is 7.89. The molecule has 0 unspecified atom stereocenters. The molecule has 76 valence electrons. The van der Waals surface area contributed by atoms with Crippen LogP contribution >= 0.6 is 0 Å². The predicted octanol–water partition coefficient (Wildman–Crippen LogP) is 2.25. The van der Waals surface area contributed by atoms with Crippen LogP contribution in [0.4, 0.5) is 4.39 Å². The van der Waals surface area contributed by atoms with E-state index in [1.807, 2.05) is 0 Å². The Morgan fingerprint density at radius 2 is 2.27 bits per heavy atom. The topological polar surface area (TPSA) is 38.0 Å². The van der Waals surface area contributed by atoms with Crippen LogP contribution in [0.3, 0.4) is 0 Å². The molecule has 0 bridgehead atoms. The summed E-state index contributed by atoms with van der Waals surface area (Å²) in [5, 5.41) is 9.54. The highest BCUT2D eigenvalue weighted by Gasteiger charge is 2.07. The molecule has 15 heavy (non-hydrogen) atoms. The van der Waals surface area contributed by atoms with Crippen LogP contribution in [0.5, 0.6) is 5.75 Å². The van der Waals surface area contributed by atoms with Gasteiger partial charge in [-0.05, 0) is 18.2 Å². The summed E-state index contributed by atoms with van der Waals surface area (Å²) in [5.41, 5.74) is 0.831. The molecule has 0 spiro atoms. The van der Waals surface area contributed by atoms with Gasteiger partial charge < -0.3 is 9.67 Å². The van der Waals surface area contributed by atoms with Crippen molar-refractivity contribution >= 4 is 5.70 Å². The van der Waals surface area contributed by atoms with Crippen molar-refractivity contribution in [2.75, 3.05) is 0 Å². The fourth-order valence-electron chi connectivity index (χ4n) is 1.30. The van der Waals surface area contributed by atoms with Crippen molar-refractivity contribution in [1.82, 2.24) is 9.55 Å². The Kier molecular flexibility index (Phi) is 2.25. The molecular weight excluding hydrogens is 195 g/mol. The number of nitrogens with zero attached hydrogens (tertiary/aromatic N) is 2. The third-order valence-corrected chi connectivity index (χ3v) is 2.09. The minimum Gasteiger partial charge on any atom is -0.507 e. The van der Waals surface area contributed by atoms with Gasteiger partial charge in [0.2, 0.25) is 0 Å². The Labute approximate surface area is 86.1 Å². The van der Waals surface area contributed by atoms with Gasteiger partial charge in [-0.2, -0.15) is 0 Å². The normalized spacial score (nSPS) is 10.2. The molecule has 1 aromatic heterocycles. The van der Waals surface area contributed by atoms with Crippen molar-refractivity contribution in [3.05, 3.63) is 54.9 Å². The standard InChI is InChI=1S/C11H9FN2O/c1-8(14-5-4-13-7-14)10-6-9(12)2-3-11(10)15/h2-7,15H,1H2. The van der Waals surface area contributed by atoms with Gasteiger partial charge in [-0.15, -0.1) is 0 Å². The zero-order valence-corrected chi connectivity index (χ0v) is 7.89. The molecule has 0 saturated carbocycles. The lowest BCUT2D eigenvalue weighted by molar-refractivity contribution is 0.471. The third-order valence-electron chi connectivity index (χ3n) is 2.09. The van der Waals surface area contributed by atoms with Gasteiger partial charge in [0.15, 0.2) is 0 Å². The summed E-state index contributed by atoms with van der Waals surface area (Å²) in [7, 11) is 0. The average molecular weight is 204 g/mol. The average Bonchev–Trinajstić information content (AvgIpc) is 2.74. The summed E-state index contributed by atoms with van der Waals surface area (Å²) >= 11 is 0. The van der Waals surface area contributed by atoms with Crippen LogP contribution in [0.15, 0.2) is 43.5 Å². The molecule has 0 atom stereocenters. The van der Waals surface area contributed by atoms with Gasteiger partial charge >= 0.3 is 0 Å². The molecule has 3 nitrogen and oxygen atoms in total. The smallest absolute Gasteiger partial charge is 0.125 e. The Bertz CT molecular complexity index is 491. The van der Waals surface area contributed by atoms with Crippen LogP contribution < -0.4 is 0 Å². The number of halogens is 1. The van der Waals surface area contributed by atoms with E-state index in [-0.39, 0.29) is 5.75 Å². The SMILES string of the molecule is C=C(c1cc(F)ccc1O)n1ccnc1. The first-order chi connectivity index (χ1) is 7.18. The van der Waals surface area contributed by atoms with Crippen molar-refractivity contribution < 1.29 is 9.50 Å². The van der Waals surface area contributed by atoms with E-state index in [0.717, 1.165) is 0 Å². The minimum absolute atomic E-state index is 0.00454. The second kappa shape index (κ2) is 3.57. The molecule has 2 aromatic rings. The highest BCUT2D eigenvalue weighted by Crippen LogP contribution is 2.25. The molecule has 1 heterocycles. The number of aromatic nitrogens is 2. The number of aromatic hydroxyl groups is 1. The van der Waals surface area contributed by atoms with Gasteiger partial charge in [0.1, 0.15) is 11.6 Å². The molecule has 0 fully saturated rings. The van der Waals surface area contributed by atoms with Crippen LogP contribution in [0.1, 0.15) is 5.56 Å². The first kappa shape index (κ1) is 9.45. The molecule has 2 rings (SSSR count). The van der Waals surface area contributed by atoms with Crippen LogP contribution in [-0.4, -0.2) is 14.7 Å². The Hall–Kier alpha value is -2.10. The van der Waals surface area contributed by atoms with E-state index in [1.54, 1.807) is 17.0 Å². The lowest BCUT2D eigenvalue weighted by atomic mass is 10.1. The van der Waals surface area contributed by atoms with E-state index in [1.165, 1.54) is 24.5 Å². The Morgan fingerprint density at radius 1 is 1.47 bits per heavy atom. The number of benzene rings is 1. The van der Waals surface area contributed by atoms with Gasteiger partial charge in [0, 0.05) is 18.0 Å². The number of phenolic OH excluding ortho intramolecular Hbond substituents is 1. The highest BCUT2D eigenvalue weighted by molar-refractivity contribution is 5.68. The van der Waals surface area contributed by atoms with E-state index in [0.29, 0.717) is 11.3 Å². The first-order valence-corrected chi connectivity index (χ1v) is 4.34. The maximum Gasteiger partial charge on any atom is 0.125 e. The molecular formula is C11H9FN2O. The molecule has 0 aliphatic rings. The fraction of sp³-hybridized carbons (Fsp3) is 0. The molecule has 0 aliphatic carbocycles. The summed E-state index contributed by atoms with van der Waals surface area (Å²) in [4.78, 5) is 3.85. The van der Waals surface area contributed by atoms with Crippen molar-refractivity contribution in [3.63, 3.8) is 0 Å². The Morgan fingerprint density at radius 3 is 2.93 bits per heavy atom. The summed E-state index contributed by atoms with van der Waals surface area (Å²) in [6.45, 7) is 3.77. The van der Waals surface area contributed by atoms with Crippen LogP contribution in [0, 0.1) is 5.82 Å². The summed E-state index contributed by atoms with van der Waals surface area (Å²) in [5.74, 6) is -0.417. The molecule has 0 radical (unpaired) electrons. The van der Waals surface area contributed by atoms with Gasteiger partial charge in [-0.1, -0.05) is 6.58 Å². The summed E-state index contributed by atoms with van der Waals surface area (Å²) in [6.07, 6.45) is 4.79. The molecule has 0 amide bonds. The maximum absolute atomic E-state index is 13.0. The largest absolute Gasteiger partial charge is 0.507 e. The predicted molar refractivity (Wildman–Crippen MR) is 54.7 cm³/mol. The molecule has 1 N–H and O–H groups in total. The molecule has 0 saturated heterocycles. The first-order valence-electron chi connectivity index (χ1n) is 4.34.